The summed E-state index contributed by atoms with van der Waals surface area (Å²) in [6.07, 6.45) is 2.17. The molecule has 0 aromatic carbocycles. The van der Waals surface area contributed by atoms with Gasteiger partial charge in [-0.05, 0) is 32.1 Å². The molecular weight excluding hydrogens is 152 g/mol. The van der Waals surface area contributed by atoms with Crippen LogP contribution >= 0.6 is 0 Å². The number of hydrogen-bond donors (Lipinski definition) is 2. The third kappa shape index (κ3) is 5.33. The molecule has 2 nitrogen and oxygen atoms in total. The van der Waals surface area contributed by atoms with Crippen LogP contribution in [0.15, 0.2) is 12.2 Å². The molecule has 0 heterocycles. The lowest BCUT2D eigenvalue weighted by atomic mass is 9.98. The molecule has 0 aromatic rings. The Morgan fingerprint density at radius 2 is 1.92 bits per heavy atom. The van der Waals surface area contributed by atoms with Crippen LogP contribution in [0, 0.1) is 5.92 Å². The second-order valence-corrected chi connectivity index (χ2v) is 3.56. The van der Waals surface area contributed by atoms with Gasteiger partial charge < -0.3 is 10.2 Å². The van der Waals surface area contributed by atoms with Crippen LogP contribution in [0.3, 0.4) is 0 Å². The normalized spacial score (nSPS) is 15.7. The fraction of sp³-hybridized carbons (Fsp3) is 0.800. The van der Waals surface area contributed by atoms with E-state index in [0.29, 0.717) is 5.92 Å². The van der Waals surface area contributed by atoms with E-state index in [-0.39, 0.29) is 12.7 Å². The average Bonchev–Trinajstić information content (AvgIpc) is 2.00. The Balaban J connectivity index is 3.46. The van der Waals surface area contributed by atoms with E-state index in [0.717, 1.165) is 24.8 Å². The van der Waals surface area contributed by atoms with E-state index in [1.807, 2.05) is 6.92 Å². The summed E-state index contributed by atoms with van der Waals surface area (Å²) in [5.74, 6) is 0.490. The van der Waals surface area contributed by atoms with Gasteiger partial charge in [0.1, 0.15) is 0 Å². The Hall–Kier alpha value is -0.340. The quantitative estimate of drug-likeness (QED) is 0.599. The van der Waals surface area contributed by atoms with Gasteiger partial charge in [-0.3, -0.25) is 0 Å². The zero-order valence-corrected chi connectivity index (χ0v) is 8.08. The van der Waals surface area contributed by atoms with Crippen molar-refractivity contribution >= 4 is 0 Å². The summed E-state index contributed by atoms with van der Waals surface area (Å²) in [6.45, 7) is 7.84. The molecule has 0 fully saturated rings. The minimum absolute atomic E-state index is 0.240. The van der Waals surface area contributed by atoms with Crippen molar-refractivity contribution in [3.8, 4) is 0 Å². The molecule has 0 aliphatic rings. The standard InChI is InChI=1S/C10H20O2/c1-8(2)10(12)5-4-9(3)6-7-11/h9-12H,1,4-7H2,2-3H3. The van der Waals surface area contributed by atoms with Gasteiger partial charge in [0.05, 0.1) is 6.10 Å². The molecule has 0 saturated heterocycles. The van der Waals surface area contributed by atoms with Gasteiger partial charge >= 0.3 is 0 Å². The van der Waals surface area contributed by atoms with E-state index in [1.165, 1.54) is 0 Å². The maximum Gasteiger partial charge on any atom is 0.0744 e. The summed E-state index contributed by atoms with van der Waals surface area (Å²) in [4.78, 5) is 0. The Morgan fingerprint density at radius 1 is 1.33 bits per heavy atom. The summed E-state index contributed by atoms with van der Waals surface area (Å²) >= 11 is 0. The Morgan fingerprint density at radius 3 is 2.33 bits per heavy atom. The van der Waals surface area contributed by atoms with Gasteiger partial charge in [0.25, 0.3) is 0 Å². The summed E-state index contributed by atoms with van der Waals surface area (Å²) in [5, 5.41) is 18.0. The maximum atomic E-state index is 9.38. The molecule has 0 spiro atoms. The molecule has 2 atom stereocenters. The van der Waals surface area contributed by atoms with Crippen molar-refractivity contribution in [3.63, 3.8) is 0 Å². The third-order valence-corrected chi connectivity index (χ3v) is 2.12. The topological polar surface area (TPSA) is 40.5 Å². The van der Waals surface area contributed by atoms with Crippen molar-refractivity contribution in [2.75, 3.05) is 6.61 Å². The van der Waals surface area contributed by atoms with Crippen LogP contribution in [0.2, 0.25) is 0 Å². The van der Waals surface area contributed by atoms with E-state index in [1.54, 1.807) is 0 Å². The fourth-order valence-electron chi connectivity index (χ4n) is 1.05. The third-order valence-electron chi connectivity index (χ3n) is 2.12. The van der Waals surface area contributed by atoms with Crippen molar-refractivity contribution in [3.05, 3.63) is 12.2 Å². The summed E-state index contributed by atoms with van der Waals surface area (Å²) in [7, 11) is 0. The molecule has 0 bridgehead atoms. The number of hydrogen-bond acceptors (Lipinski definition) is 2. The molecule has 2 heteroatoms. The van der Waals surface area contributed by atoms with Crippen molar-refractivity contribution in [2.24, 2.45) is 5.92 Å². The van der Waals surface area contributed by atoms with Gasteiger partial charge in [-0.25, -0.2) is 0 Å². The van der Waals surface area contributed by atoms with Crippen LogP contribution in [0.5, 0.6) is 0 Å². The van der Waals surface area contributed by atoms with E-state index in [4.69, 9.17) is 5.11 Å². The molecule has 0 rings (SSSR count). The van der Waals surface area contributed by atoms with Crippen molar-refractivity contribution < 1.29 is 10.2 Å². The molecule has 0 amide bonds. The zero-order valence-electron chi connectivity index (χ0n) is 8.08. The van der Waals surface area contributed by atoms with Gasteiger partial charge in [-0.1, -0.05) is 19.1 Å². The number of rotatable bonds is 6. The molecule has 12 heavy (non-hydrogen) atoms. The first-order chi connectivity index (χ1) is 5.57. The van der Waals surface area contributed by atoms with E-state index < -0.39 is 0 Å². The minimum atomic E-state index is -0.369. The second kappa shape index (κ2) is 6.21. The summed E-state index contributed by atoms with van der Waals surface area (Å²) < 4.78 is 0. The molecule has 0 saturated carbocycles. The highest BCUT2D eigenvalue weighted by atomic mass is 16.3. The number of aliphatic hydroxyl groups is 2. The van der Waals surface area contributed by atoms with Gasteiger partial charge in [-0.2, -0.15) is 0 Å². The lowest BCUT2D eigenvalue weighted by Crippen LogP contribution is -2.09. The lowest BCUT2D eigenvalue weighted by Gasteiger charge is -2.13. The molecule has 0 aliphatic heterocycles. The van der Waals surface area contributed by atoms with Crippen LogP contribution < -0.4 is 0 Å². The van der Waals surface area contributed by atoms with E-state index in [9.17, 15) is 5.11 Å². The maximum absolute atomic E-state index is 9.38. The molecular formula is C10H20O2. The van der Waals surface area contributed by atoms with E-state index in [2.05, 4.69) is 13.5 Å². The minimum Gasteiger partial charge on any atom is -0.396 e. The molecule has 2 N–H and O–H groups in total. The predicted molar refractivity (Wildman–Crippen MR) is 50.9 cm³/mol. The highest BCUT2D eigenvalue weighted by Gasteiger charge is 2.07. The van der Waals surface area contributed by atoms with Crippen molar-refractivity contribution in [1.29, 1.82) is 0 Å². The fourth-order valence-corrected chi connectivity index (χ4v) is 1.05. The van der Waals surface area contributed by atoms with Crippen LogP contribution in [0.4, 0.5) is 0 Å². The van der Waals surface area contributed by atoms with Crippen LogP contribution in [0.1, 0.15) is 33.1 Å². The lowest BCUT2D eigenvalue weighted by molar-refractivity contribution is 0.183. The first kappa shape index (κ1) is 11.7. The van der Waals surface area contributed by atoms with E-state index >= 15 is 0 Å². The molecule has 2 unspecified atom stereocenters. The van der Waals surface area contributed by atoms with Crippen LogP contribution in [0.25, 0.3) is 0 Å². The number of aliphatic hydroxyl groups excluding tert-OH is 2. The largest absolute Gasteiger partial charge is 0.396 e. The van der Waals surface area contributed by atoms with Crippen LogP contribution in [-0.4, -0.2) is 22.9 Å². The van der Waals surface area contributed by atoms with Crippen molar-refractivity contribution in [1.82, 2.24) is 0 Å². The van der Waals surface area contributed by atoms with Gasteiger partial charge in [0.15, 0.2) is 0 Å². The van der Waals surface area contributed by atoms with Crippen LogP contribution in [-0.2, 0) is 0 Å². The first-order valence-electron chi connectivity index (χ1n) is 4.52. The first-order valence-corrected chi connectivity index (χ1v) is 4.52. The zero-order chi connectivity index (χ0) is 9.56. The summed E-state index contributed by atoms with van der Waals surface area (Å²) in [6, 6.07) is 0. The molecule has 0 aromatic heterocycles. The Bertz CT molecular complexity index is 132. The summed E-state index contributed by atoms with van der Waals surface area (Å²) in [5.41, 5.74) is 0.825. The van der Waals surface area contributed by atoms with Gasteiger partial charge in [0.2, 0.25) is 0 Å². The average molecular weight is 172 g/mol. The van der Waals surface area contributed by atoms with Gasteiger partial charge in [-0.15, -0.1) is 0 Å². The van der Waals surface area contributed by atoms with Gasteiger partial charge in [0, 0.05) is 6.61 Å². The molecule has 0 radical (unpaired) electrons. The second-order valence-electron chi connectivity index (χ2n) is 3.56. The predicted octanol–water partition coefficient (Wildman–Crippen LogP) is 1.72. The Labute approximate surface area is 74.9 Å². The SMILES string of the molecule is C=C(C)C(O)CCC(C)CCO. The van der Waals surface area contributed by atoms with Crippen molar-refractivity contribution in [2.45, 2.75) is 39.2 Å². The highest BCUT2D eigenvalue weighted by molar-refractivity contribution is 4.96. The molecule has 72 valence electrons. The Kier molecular flexibility index (Phi) is 6.03. The smallest absolute Gasteiger partial charge is 0.0744 e. The highest BCUT2D eigenvalue weighted by Crippen LogP contribution is 2.14. The molecule has 0 aliphatic carbocycles. The monoisotopic (exact) mass is 172 g/mol.